The standard InChI is InChI=1S/C12H15F2N3O4/c1-21-5-4-15-2-3-16-12(18)9-6-8(13)7-10(11(9)14)17(19)20/h6-7,15H,2-5H2,1H3,(H,16,18). The lowest BCUT2D eigenvalue weighted by atomic mass is 10.1. The van der Waals surface area contributed by atoms with Crippen molar-refractivity contribution in [3.63, 3.8) is 0 Å². The van der Waals surface area contributed by atoms with Gasteiger partial charge in [0.25, 0.3) is 5.91 Å². The molecule has 0 atom stereocenters. The van der Waals surface area contributed by atoms with Gasteiger partial charge < -0.3 is 15.4 Å². The number of benzene rings is 1. The van der Waals surface area contributed by atoms with Crippen molar-refractivity contribution in [2.45, 2.75) is 0 Å². The highest BCUT2D eigenvalue weighted by atomic mass is 19.1. The van der Waals surface area contributed by atoms with Crippen LogP contribution in [0.25, 0.3) is 0 Å². The number of carbonyl (C=O) groups excluding carboxylic acids is 1. The van der Waals surface area contributed by atoms with Crippen LogP contribution in [-0.2, 0) is 4.74 Å². The van der Waals surface area contributed by atoms with Crippen LogP contribution in [0.4, 0.5) is 14.5 Å². The van der Waals surface area contributed by atoms with Gasteiger partial charge in [-0.1, -0.05) is 0 Å². The monoisotopic (exact) mass is 303 g/mol. The van der Waals surface area contributed by atoms with Crippen LogP contribution in [-0.4, -0.2) is 44.2 Å². The SMILES string of the molecule is COCCNCCNC(=O)c1cc(F)cc([N+](=O)[O-])c1F. The van der Waals surface area contributed by atoms with Gasteiger partial charge in [-0.3, -0.25) is 14.9 Å². The molecule has 9 heteroatoms. The van der Waals surface area contributed by atoms with E-state index >= 15 is 0 Å². The number of hydrogen-bond acceptors (Lipinski definition) is 5. The van der Waals surface area contributed by atoms with Crippen LogP contribution in [0.3, 0.4) is 0 Å². The smallest absolute Gasteiger partial charge is 0.308 e. The molecule has 1 aromatic rings. The number of nitrogens with one attached hydrogen (secondary N) is 2. The first-order chi connectivity index (χ1) is 9.97. The van der Waals surface area contributed by atoms with E-state index in [4.69, 9.17) is 4.74 Å². The molecule has 7 nitrogen and oxygen atoms in total. The number of methoxy groups -OCH3 is 1. The van der Waals surface area contributed by atoms with E-state index in [0.29, 0.717) is 31.8 Å². The predicted molar refractivity (Wildman–Crippen MR) is 70.1 cm³/mol. The van der Waals surface area contributed by atoms with Crippen molar-refractivity contribution in [2.24, 2.45) is 0 Å². The Labute approximate surface area is 119 Å². The van der Waals surface area contributed by atoms with Gasteiger partial charge in [0, 0.05) is 26.7 Å². The average molecular weight is 303 g/mol. The first-order valence-corrected chi connectivity index (χ1v) is 6.08. The molecule has 0 radical (unpaired) electrons. The molecule has 0 saturated heterocycles. The minimum absolute atomic E-state index is 0.159. The fourth-order valence-corrected chi connectivity index (χ4v) is 1.53. The third-order valence-electron chi connectivity index (χ3n) is 2.53. The largest absolute Gasteiger partial charge is 0.383 e. The molecular formula is C12H15F2N3O4. The molecule has 2 N–H and O–H groups in total. The Kier molecular flexibility index (Phi) is 6.63. The first-order valence-electron chi connectivity index (χ1n) is 6.08. The molecule has 0 aliphatic heterocycles. The number of rotatable bonds is 8. The minimum atomic E-state index is -1.36. The summed E-state index contributed by atoms with van der Waals surface area (Å²) in [5.74, 6) is -3.32. The molecule has 0 unspecified atom stereocenters. The molecule has 0 aromatic heterocycles. The summed E-state index contributed by atoms with van der Waals surface area (Å²) in [6.45, 7) is 1.63. The lowest BCUT2D eigenvalue weighted by molar-refractivity contribution is -0.387. The number of carbonyl (C=O) groups is 1. The first kappa shape index (κ1) is 16.9. The topological polar surface area (TPSA) is 93.5 Å². The maximum absolute atomic E-state index is 13.7. The van der Waals surface area contributed by atoms with Crippen LogP contribution in [0.1, 0.15) is 10.4 Å². The second-order valence-electron chi connectivity index (χ2n) is 4.04. The molecule has 0 bridgehead atoms. The summed E-state index contributed by atoms with van der Waals surface area (Å²) in [5, 5.41) is 15.8. The normalized spacial score (nSPS) is 10.4. The van der Waals surface area contributed by atoms with Crippen molar-refractivity contribution >= 4 is 11.6 Å². The zero-order chi connectivity index (χ0) is 15.8. The molecule has 0 aliphatic rings. The number of nitro groups is 1. The highest BCUT2D eigenvalue weighted by Gasteiger charge is 2.23. The molecule has 0 saturated carbocycles. The van der Waals surface area contributed by atoms with Crippen molar-refractivity contribution in [1.82, 2.24) is 10.6 Å². The minimum Gasteiger partial charge on any atom is -0.383 e. The summed E-state index contributed by atoms with van der Waals surface area (Å²) < 4.78 is 31.7. The van der Waals surface area contributed by atoms with E-state index in [0.717, 1.165) is 0 Å². The van der Waals surface area contributed by atoms with Gasteiger partial charge in [0.2, 0.25) is 5.82 Å². The van der Waals surface area contributed by atoms with Crippen LogP contribution in [0.2, 0.25) is 0 Å². The Bertz CT molecular complexity index is 525. The van der Waals surface area contributed by atoms with E-state index in [1.54, 1.807) is 7.11 Å². The maximum atomic E-state index is 13.7. The second-order valence-corrected chi connectivity index (χ2v) is 4.04. The lowest BCUT2D eigenvalue weighted by Crippen LogP contribution is -2.33. The Morgan fingerprint density at radius 3 is 2.67 bits per heavy atom. The molecule has 0 heterocycles. The van der Waals surface area contributed by atoms with Gasteiger partial charge in [0.15, 0.2) is 0 Å². The highest BCUT2D eigenvalue weighted by Crippen LogP contribution is 2.22. The molecule has 0 aliphatic carbocycles. The molecule has 1 aromatic carbocycles. The average Bonchev–Trinajstić information content (AvgIpc) is 2.44. The van der Waals surface area contributed by atoms with E-state index in [-0.39, 0.29) is 6.54 Å². The summed E-state index contributed by atoms with van der Waals surface area (Å²) in [5.41, 5.74) is -1.77. The van der Waals surface area contributed by atoms with E-state index in [2.05, 4.69) is 10.6 Å². The Balaban J connectivity index is 2.64. The summed E-state index contributed by atoms with van der Waals surface area (Å²) in [7, 11) is 1.54. The molecule has 1 rings (SSSR count). The zero-order valence-electron chi connectivity index (χ0n) is 11.3. The van der Waals surface area contributed by atoms with Crippen molar-refractivity contribution in [3.05, 3.63) is 39.4 Å². The summed E-state index contributed by atoms with van der Waals surface area (Å²) in [4.78, 5) is 21.2. The van der Waals surface area contributed by atoms with E-state index in [1.807, 2.05) is 0 Å². The second kappa shape index (κ2) is 8.22. The molecule has 0 spiro atoms. The Hall–Kier alpha value is -2.13. The van der Waals surface area contributed by atoms with Gasteiger partial charge in [0.1, 0.15) is 5.82 Å². The summed E-state index contributed by atoms with van der Waals surface area (Å²) >= 11 is 0. The quantitative estimate of drug-likeness (QED) is 0.422. The third-order valence-corrected chi connectivity index (χ3v) is 2.53. The van der Waals surface area contributed by atoms with E-state index < -0.39 is 33.7 Å². The molecular weight excluding hydrogens is 288 g/mol. The van der Waals surface area contributed by atoms with Gasteiger partial charge in [-0.25, -0.2) is 4.39 Å². The van der Waals surface area contributed by atoms with Crippen LogP contribution >= 0.6 is 0 Å². The van der Waals surface area contributed by atoms with Crippen molar-refractivity contribution in [3.8, 4) is 0 Å². The van der Waals surface area contributed by atoms with Crippen molar-refractivity contribution in [1.29, 1.82) is 0 Å². The van der Waals surface area contributed by atoms with Gasteiger partial charge >= 0.3 is 5.69 Å². The Morgan fingerprint density at radius 2 is 2.05 bits per heavy atom. The number of halogens is 2. The zero-order valence-corrected chi connectivity index (χ0v) is 11.3. The number of ether oxygens (including phenoxy) is 1. The number of amides is 1. The molecule has 21 heavy (non-hydrogen) atoms. The predicted octanol–water partition coefficient (Wildman–Crippen LogP) is 0.839. The van der Waals surface area contributed by atoms with Crippen LogP contribution in [0.15, 0.2) is 12.1 Å². The van der Waals surface area contributed by atoms with Gasteiger partial charge in [-0.05, 0) is 6.07 Å². The summed E-state index contributed by atoms with van der Waals surface area (Å²) in [6.07, 6.45) is 0. The summed E-state index contributed by atoms with van der Waals surface area (Å²) in [6, 6.07) is 1.05. The lowest BCUT2D eigenvalue weighted by Gasteiger charge is -2.07. The van der Waals surface area contributed by atoms with E-state index in [9.17, 15) is 23.7 Å². The van der Waals surface area contributed by atoms with Crippen molar-refractivity contribution < 1.29 is 23.2 Å². The van der Waals surface area contributed by atoms with E-state index in [1.165, 1.54) is 0 Å². The fourth-order valence-electron chi connectivity index (χ4n) is 1.53. The molecule has 0 fully saturated rings. The van der Waals surface area contributed by atoms with Gasteiger partial charge in [-0.15, -0.1) is 0 Å². The van der Waals surface area contributed by atoms with Crippen LogP contribution < -0.4 is 10.6 Å². The van der Waals surface area contributed by atoms with Crippen molar-refractivity contribution in [2.75, 3.05) is 33.4 Å². The fraction of sp³-hybridized carbons (Fsp3) is 0.417. The van der Waals surface area contributed by atoms with Crippen LogP contribution in [0.5, 0.6) is 0 Å². The molecule has 116 valence electrons. The Morgan fingerprint density at radius 1 is 1.33 bits per heavy atom. The van der Waals surface area contributed by atoms with Gasteiger partial charge in [0.05, 0.1) is 23.2 Å². The number of nitro benzene ring substituents is 1. The van der Waals surface area contributed by atoms with Gasteiger partial charge in [-0.2, -0.15) is 4.39 Å². The molecule has 1 amide bonds. The third kappa shape index (κ3) is 5.04. The maximum Gasteiger partial charge on any atom is 0.308 e. The van der Waals surface area contributed by atoms with Crippen LogP contribution in [0, 0.1) is 21.7 Å². The number of hydrogen-bond donors (Lipinski definition) is 2. The highest BCUT2D eigenvalue weighted by molar-refractivity contribution is 5.95. The number of nitrogens with zero attached hydrogens (tertiary/aromatic N) is 1.